The first-order valence-electron chi connectivity index (χ1n) is 6.47. The van der Waals surface area contributed by atoms with Crippen molar-refractivity contribution in [2.75, 3.05) is 5.32 Å². The van der Waals surface area contributed by atoms with Crippen LogP contribution in [0.3, 0.4) is 0 Å². The molecule has 0 fully saturated rings. The van der Waals surface area contributed by atoms with Crippen molar-refractivity contribution in [3.63, 3.8) is 0 Å². The van der Waals surface area contributed by atoms with E-state index < -0.39 is 21.4 Å². The molecule has 0 radical (unpaired) electrons. The third-order valence-corrected chi connectivity index (χ3v) is 3.92. The lowest BCUT2D eigenvalue weighted by Gasteiger charge is -2.11. The third kappa shape index (κ3) is 3.73. The zero-order valence-corrected chi connectivity index (χ0v) is 12.7. The van der Waals surface area contributed by atoms with Crippen LogP contribution in [0.5, 0.6) is 5.75 Å². The second kappa shape index (κ2) is 6.07. The molecule has 2 aromatic carbocycles. The molecular formula is C14H12F3NO4S. The Balaban J connectivity index is 2.39. The van der Waals surface area contributed by atoms with Gasteiger partial charge in [-0.15, -0.1) is 0 Å². The van der Waals surface area contributed by atoms with Crippen molar-refractivity contribution in [3.05, 3.63) is 36.4 Å². The van der Waals surface area contributed by atoms with Crippen molar-refractivity contribution >= 4 is 32.5 Å². The number of fused-ring (bicyclic) bond motifs is 1. The predicted octanol–water partition coefficient (Wildman–Crippen LogP) is 3.42. The summed E-state index contributed by atoms with van der Waals surface area (Å²) in [5, 5.41) is 3.62. The molecule has 2 aromatic rings. The topological polar surface area (TPSA) is 72.5 Å². The van der Waals surface area contributed by atoms with E-state index in [1.165, 1.54) is 6.07 Å². The van der Waals surface area contributed by atoms with E-state index in [4.69, 9.17) is 0 Å². The molecule has 0 saturated carbocycles. The molecule has 0 aliphatic carbocycles. The summed E-state index contributed by atoms with van der Waals surface area (Å²) in [5.41, 5.74) is -5.03. The Morgan fingerprint density at radius 3 is 2.52 bits per heavy atom. The Kier molecular flexibility index (Phi) is 4.51. The quantitative estimate of drug-likeness (QED) is 0.679. The monoisotopic (exact) mass is 347 g/mol. The fourth-order valence-electron chi connectivity index (χ4n) is 1.84. The van der Waals surface area contributed by atoms with Gasteiger partial charge < -0.3 is 9.50 Å². The minimum atomic E-state index is -5.72. The van der Waals surface area contributed by atoms with Gasteiger partial charge in [0, 0.05) is 17.5 Å². The van der Waals surface area contributed by atoms with Crippen LogP contribution in [-0.4, -0.2) is 19.8 Å². The summed E-state index contributed by atoms with van der Waals surface area (Å²) < 4.78 is 63.0. The Morgan fingerprint density at radius 1 is 1.22 bits per heavy atom. The summed E-state index contributed by atoms with van der Waals surface area (Å²) in [5.74, 6) is -0.689. The Labute approximate surface area is 130 Å². The molecule has 9 heteroatoms. The molecule has 1 N–H and O–H groups in total. The molecule has 0 unspecified atom stereocenters. The minimum absolute atomic E-state index is 0.225. The maximum atomic E-state index is 12.3. The highest BCUT2D eigenvalue weighted by Crippen LogP contribution is 2.31. The maximum Gasteiger partial charge on any atom is 0.534 e. The van der Waals surface area contributed by atoms with Crippen molar-refractivity contribution < 1.29 is 30.6 Å². The van der Waals surface area contributed by atoms with E-state index in [-0.39, 0.29) is 12.3 Å². The van der Waals surface area contributed by atoms with Crippen LogP contribution in [0.15, 0.2) is 36.4 Å². The summed E-state index contributed by atoms with van der Waals surface area (Å²) in [6.07, 6.45) is 0.265. The van der Waals surface area contributed by atoms with Crippen molar-refractivity contribution in [1.82, 2.24) is 0 Å². The van der Waals surface area contributed by atoms with E-state index in [9.17, 15) is 26.4 Å². The fraction of sp³-hybridized carbons (Fsp3) is 0.214. The van der Waals surface area contributed by atoms with E-state index in [0.29, 0.717) is 16.5 Å². The van der Waals surface area contributed by atoms with Crippen molar-refractivity contribution in [2.45, 2.75) is 18.9 Å². The molecule has 0 aliphatic heterocycles. The third-order valence-electron chi connectivity index (χ3n) is 2.94. The molecule has 124 valence electrons. The van der Waals surface area contributed by atoms with E-state index >= 15 is 0 Å². The summed E-state index contributed by atoms with van der Waals surface area (Å²) in [7, 11) is -5.72. The lowest BCUT2D eigenvalue weighted by atomic mass is 10.1. The van der Waals surface area contributed by atoms with Crippen LogP contribution in [-0.2, 0) is 14.9 Å². The highest BCUT2D eigenvalue weighted by molar-refractivity contribution is 7.88. The largest absolute Gasteiger partial charge is 0.534 e. The van der Waals surface area contributed by atoms with Gasteiger partial charge in [0.2, 0.25) is 5.91 Å². The van der Waals surface area contributed by atoms with Crippen LogP contribution in [0.25, 0.3) is 10.8 Å². The van der Waals surface area contributed by atoms with Gasteiger partial charge in [-0.05, 0) is 29.7 Å². The number of amides is 1. The second-order valence-corrected chi connectivity index (χ2v) is 6.11. The number of halogens is 3. The molecule has 0 atom stereocenters. The molecule has 1 amide bonds. The van der Waals surface area contributed by atoms with Gasteiger partial charge in [-0.3, -0.25) is 4.79 Å². The lowest BCUT2D eigenvalue weighted by Crippen LogP contribution is -2.28. The second-order valence-electron chi connectivity index (χ2n) is 4.57. The number of anilines is 1. The normalized spacial score (nSPS) is 12.2. The molecule has 0 spiro atoms. The van der Waals surface area contributed by atoms with Gasteiger partial charge in [-0.1, -0.05) is 19.1 Å². The number of alkyl halides is 3. The van der Waals surface area contributed by atoms with E-state index in [2.05, 4.69) is 9.50 Å². The first-order valence-corrected chi connectivity index (χ1v) is 7.88. The molecule has 0 aliphatic rings. The predicted molar refractivity (Wildman–Crippen MR) is 78.5 cm³/mol. The summed E-state index contributed by atoms with van der Waals surface area (Å²) in [4.78, 5) is 11.4. The summed E-state index contributed by atoms with van der Waals surface area (Å²) >= 11 is 0. The average Bonchev–Trinajstić information content (AvgIpc) is 2.45. The van der Waals surface area contributed by atoms with E-state index in [0.717, 1.165) is 12.1 Å². The van der Waals surface area contributed by atoms with E-state index in [1.54, 1.807) is 25.1 Å². The number of carbonyl (C=O) groups is 1. The zero-order chi connectivity index (χ0) is 17.3. The fourth-order valence-corrected chi connectivity index (χ4v) is 2.29. The number of benzene rings is 2. The molecule has 23 heavy (non-hydrogen) atoms. The van der Waals surface area contributed by atoms with Gasteiger partial charge in [0.15, 0.2) is 0 Å². The van der Waals surface area contributed by atoms with Crippen molar-refractivity contribution in [1.29, 1.82) is 0 Å². The maximum absolute atomic E-state index is 12.3. The Hall–Kier alpha value is -2.29. The van der Waals surface area contributed by atoms with Crippen LogP contribution < -0.4 is 9.50 Å². The highest BCUT2D eigenvalue weighted by Gasteiger charge is 2.48. The highest BCUT2D eigenvalue weighted by atomic mass is 32.2. The van der Waals surface area contributed by atoms with Crippen LogP contribution in [0.2, 0.25) is 0 Å². The van der Waals surface area contributed by atoms with Crippen molar-refractivity contribution in [2.24, 2.45) is 0 Å². The van der Waals surface area contributed by atoms with E-state index in [1.807, 2.05) is 0 Å². The van der Waals surface area contributed by atoms with Gasteiger partial charge in [0.1, 0.15) is 5.75 Å². The smallest absolute Gasteiger partial charge is 0.376 e. The minimum Gasteiger partial charge on any atom is -0.376 e. The molecular weight excluding hydrogens is 335 g/mol. The Bertz CT molecular complexity index is 847. The first-order chi connectivity index (χ1) is 10.6. The van der Waals surface area contributed by atoms with Gasteiger partial charge >= 0.3 is 15.6 Å². The lowest BCUT2D eigenvalue weighted by molar-refractivity contribution is -0.115. The number of rotatable bonds is 4. The van der Waals surface area contributed by atoms with Crippen LogP contribution >= 0.6 is 0 Å². The Morgan fingerprint density at radius 2 is 1.91 bits per heavy atom. The van der Waals surface area contributed by atoms with Crippen LogP contribution in [0, 0.1) is 0 Å². The van der Waals surface area contributed by atoms with Crippen molar-refractivity contribution in [3.8, 4) is 5.75 Å². The number of hydrogen-bond donors (Lipinski definition) is 1. The average molecular weight is 347 g/mol. The van der Waals surface area contributed by atoms with Gasteiger partial charge in [-0.25, -0.2) is 0 Å². The number of nitrogens with one attached hydrogen (secondary N) is 1. The summed E-state index contributed by atoms with van der Waals surface area (Å²) in [6, 6.07) is 8.39. The molecule has 5 nitrogen and oxygen atoms in total. The molecule has 0 saturated heterocycles. The molecule has 0 aromatic heterocycles. The molecule has 0 bridgehead atoms. The van der Waals surface area contributed by atoms with Crippen LogP contribution in [0.4, 0.5) is 18.9 Å². The SMILES string of the molecule is CCC(=O)Nc1cccc2cc(OS(=O)(=O)C(F)(F)F)ccc12. The standard InChI is InChI=1S/C14H12F3NO4S/c1-2-13(19)18-12-5-3-4-9-8-10(6-7-11(9)12)22-23(20,21)14(15,16)17/h3-8H,2H2,1H3,(H,18,19). The molecule has 2 rings (SSSR count). The summed E-state index contributed by atoms with van der Waals surface area (Å²) in [6.45, 7) is 1.68. The first kappa shape index (κ1) is 17.1. The van der Waals surface area contributed by atoms with Gasteiger partial charge in [-0.2, -0.15) is 21.6 Å². The number of hydrogen-bond acceptors (Lipinski definition) is 4. The van der Waals surface area contributed by atoms with Gasteiger partial charge in [0.05, 0.1) is 0 Å². The van der Waals surface area contributed by atoms with Gasteiger partial charge in [0.25, 0.3) is 0 Å². The zero-order valence-electron chi connectivity index (χ0n) is 11.8. The van der Waals surface area contributed by atoms with Crippen LogP contribution in [0.1, 0.15) is 13.3 Å². The molecule has 0 heterocycles. The number of carbonyl (C=O) groups excluding carboxylic acids is 1.